The summed E-state index contributed by atoms with van der Waals surface area (Å²) in [7, 11) is 3.35. The molecule has 2 heterocycles. The van der Waals surface area contributed by atoms with Crippen molar-refractivity contribution >= 4 is 23.3 Å². The largest absolute Gasteiger partial charge is 0.513 e. The average molecular weight is 510 g/mol. The standard InChI is InChI=1S/C15H19FN2O2S.C11H23N.C2H6/c1-10(19)6-5-7-12(16)8-9-13-17-11(2)14(21-13)15(20)18(3)4;1-3-11(2)12-9-7-5-4-6-8-10-12;1-2/h6-9,19H,5H2,1-4H3;11H,3-10H2,1-2H3;1-2H3/b9-8+,10-6+,12-7?;;. The number of hydrogen-bond acceptors (Lipinski definition) is 5. The van der Waals surface area contributed by atoms with Gasteiger partial charge in [0.05, 0.1) is 11.5 Å². The highest BCUT2D eigenvalue weighted by Gasteiger charge is 2.15. The number of carbonyl (C=O) groups is 1. The summed E-state index contributed by atoms with van der Waals surface area (Å²) in [5, 5.41) is 9.53. The Kier molecular flexibility index (Phi) is 18.1. The first-order valence-corrected chi connectivity index (χ1v) is 13.8. The Balaban J connectivity index is 0.000000698. The van der Waals surface area contributed by atoms with Gasteiger partial charge in [0, 0.05) is 20.1 Å². The van der Waals surface area contributed by atoms with E-state index in [1.54, 1.807) is 21.0 Å². The number of allylic oxidation sites excluding steroid dienone is 5. The van der Waals surface area contributed by atoms with Crippen molar-refractivity contribution in [1.82, 2.24) is 14.8 Å². The summed E-state index contributed by atoms with van der Waals surface area (Å²) in [6.45, 7) is 14.6. The fraction of sp³-hybridized carbons (Fsp3) is 0.643. The number of rotatable bonds is 7. The Bertz CT molecular complexity index is 803. The minimum absolute atomic E-state index is 0.107. The van der Waals surface area contributed by atoms with Gasteiger partial charge >= 0.3 is 0 Å². The van der Waals surface area contributed by atoms with Gasteiger partial charge in [-0.2, -0.15) is 0 Å². The number of aromatic nitrogens is 1. The van der Waals surface area contributed by atoms with Crippen LogP contribution in [-0.2, 0) is 0 Å². The number of aryl methyl sites for hydroxylation is 1. The second-order valence-electron chi connectivity index (χ2n) is 8.73. The molecular weight excluding hydrogens is 461 g/mol. The lowest BCUT2D eigenvalue weighted by atomic mass is 10.1. The quantitative estimate of drug-likeness (QED) is 0.299. The smallest absolute Gasteiger partial charge is 0.265 e. The lowest BCUT2D eigenvalue weighted by molar-refractivity contribution is 0.0831. The van der Waals surface area contributed by atoms with E-state index in [4.69, 9.17) is 5.11 Å². The van der Waals surface area contributed by atoms with Crippen LogP contribution in [0.5, 0.6) is 0 Å². The zero-order chi connectivity index (χ0) is 26.8. The minimum Gasteiger partial charge on any atom is -0.513 e. The number of carbonyl (C=O) groups excluding carboxylic acids is 1. The van der Waals surface area contributed by atoms with Crippen molar-refractivity contribution in [2.45, 2.75) is 92.5 Å². The molecule has 1 saturated heterocycles. The third-order valence-corrected chi connectivity index (χ3v) is 6.74. The van der Waals surface area contributed by atoms with Gasteiger partial charge in [-0.05, 0) is 83.8 Å². The zero-order valence-corrected chi connectivity index (χ0v) is 24.1. The number of aliphatic hydroxyl groups is 1. The zero-order valence-electron chi connectivity index (χ0n) is 23.2. The van der Waals surface area contributed by atoms with Crippen LogP contribution in [0, 0.1) is 6.92 Å². The van der Waals surface area contributed by atoms with Gasteiger partial charge in [0.25, 0.3) is 5.91 Å². The van der Waals surface area contributed by atoms with Crippen molar-refractivity contribution in [3.63, 3.8) is 0 Å². The Morgan fingerprint density at radius 3 is 2.26 bits per heavy atom. The fourth-order valence-corrected chi connectivity index (χ4v) is 4.41. The van der Waals surface area contributed by atoms with E-state index >= 15 is 0 Å². The van der Waals surface area contributed by atoms with Gasteiger partial charge in [-0.3, -0.25) is 4.79 Å². The molecule has 1 fully saturated rings. The number of likely N-dealkylation sites (tertiary alicyclic amines) is 1. The summed E-state index contributed by atoms with van der Waals surface area (Å²) in [6, 6.07) is 0.808. The van der Waals surface area contributed by atoms with Crippen LogP contribution in [-0.4, -0.2) is 59.0 Å². The molecule has 0 spiro atoms. The van der Waals surface area contributed by atoms with Crippen LogP contribution in [0.3, 0.4) is 0 Å². The second-order valence-corrected chi connectivity index (χ2v) is 9.76. The predicted octanol–water partition coefficient (Wildman–Crippen LogP) is 7.95. The molecule has 1 aliphatic rings. The van der Waals surface area contributed by atoms with Gasteiger partial charge in [0.1, 0.15) is 15.7 Å². The molecule has 200 valence electrons. The maximum absolute atomic E-state index is 13.5. The van der Waals surface area contributed by atoms with E-state index in [-0.39, 0.29) is 11.7 Å². The van der Waals surface area contributed by atoms with Gasteiger partial charge in [0.2, 0.25) is 0 Å². The lowest BCUT2D eigenvalue weighted by Gasteiger charge is -2.29. The van der Waals surface area contributed by atoms with E-state index in [0.29, 0.717) is 22.0 Å². The molecule has 1 unspecified atom stereocenters. The predicted molar refractivity (Wildman–Crippen MR) is 150 cm³/mol. The number of thiazole rings is 1. The highest BCUT2D eigenvalue weighted by Crippen LogP contribution is 2.21. The normalized spacial score (nSPS) is 16.4. The number of aliphatic hydroxyl groups excluding tert-OH is 1. The van der Waals surface area contributed by atoms with Gasteiger partial charge in [-0.1, -0.05) is 40.0 Å². The van der Waals surface area contributed by atoms with E-state index in [1.807, 2.05) is 13.8 Å². The molecule has 7 heteroatoms. The maximum Gasteiger partial charge on any atom is 0.265 e. The van der Waals surface area contributed by atoms with Gasteiger partial charge in [-0.15, -0.1) is 11.3 Å². The third-order valence-electron chi connectivity index (χ3n) is 5.63. The number of nitrogens with zero attached hydrogens (tertiary/aromatic N) is 3. The topological polar surface area (TPSA) is 56.7 Å². The Labute approximate surface area is 217 Å². The van der Waals surface area contributed by atoms with Crippen LogP contribution >= 0.6 is 11.3 Å². The van der Waals surface area contributed by atoms with Crippen LogP contribution in [0.25, 0.3) is 6.08 Å². The van der Waals surface area contributed by atoms with E-state index in [9.17, 15) is 9.18 Å². The van der Waals surface area contributed by atoms with Crippen LogP contribution in [0.1, 0.15) is 99.9 Å². The van der Waals surface area contributed by atoms with Crippen molar-refractivity contribution in [2.24, 2.45) is 0 Å². The summed E-state index contributed by atoms with van der Waals surface area (Å²) < 4.78 is 13.5. The summed E-state index contributed by atoms with van der Waals surface area (Å²) >= 11 is 1.23. The first-order valence-electron chi connectivity index (χ1n) is 13.0. The monoisotopic (exact) mass is 509 g/mol. The van der Waals surface area contributed by atoms with Crippen molar-refractivity contribution in [3.05, 3.63) is 45.4 Å². The maximum atomic E-state index is 13.5. The van der Waals surface area contributed by atoms with E-state index < -0.39 is 5.83 Å². The van der Waals surface area contributed by atoms with Gasteiger partial charge in [-0.25, -0.2) is 9.37 Å². The van der Waals surface area contributed by atoms with Crippen molar-refractivity contribution in [3.8, 4) is 0 Å². The van der Waals surface area contributed by atoms with E-state index in [1.165, 1.54) is 99.1 Å². The molecule has 1 aromatic heterocycles. The van der Waals surface area contributed by atoms with E-state index in [0.717, 1.165) is 6.04 Å². The van der Waals surface area contributed by atoms with Crippen molar-refractivity contribution in [1.29, 1.82) is 0 Å². The molecule has 1 aliphatic heterocycles. The summed E-state index contributed by atoms with van der Waals surface area (Å²) in [6.07, 6.45) is 14.5. The minimum atomic E-state index is -0.416. The highest BCUT2D eigenvalue weighted by atomic mass is 32.1. The molecule has 0 aromatic carbocycles. The van der Waals surface area contributed by atoms with Crippen LogP contribution in [0.4, 0.5) is 4.39 Å². The lowest BCUT2D eigenvalue weighted by Crippen LogP contribution is -2.35. The molecule has 0 radical (unpaired) electrons. The average Bonchev–Trinajstić information content (AvgIpc) is 3.18. The fourth-order valence-electron chi connectivity index (χ4n) is 3.42. The second kappa shape index (κ2) is 19.2. The molecule has 1 atom stereocenters. The molecule has 1 amide bonds. The SMILES string of the molecule is C/C(O)=C\CC=C(F)/C=C/c1nc(C)c(C(=O)N(C)C)s1.CC.CCC(C)N1CCCCCCC1. The van der Waals surface area contributed by atoms with E-state index in [2.05, 4.69) is 23.7 Å². The molecule has 0 saturated carbocycles. The third kappa shape index (κ3) is 14.2. The molecule has 35 heavy (non-hydrogen) atoms. The Hall–Kier alpha value is -1.99. The molecule has 5 nitrogen and oxygen atoms in total. The van der Waals surface area contributed by atoms with Crippen molar-refractivity contribution in [2.75, 3.05) is 27.2 Å². The van der Waals surface area contributed by atoms with Crippen LogP contribution in [0.15, 0.2) is 29.8 Å². The van der Waals surface area contributed by atoms with Gasteiger partial charge in [0.15, 0.2) is 0 Å². The van der Waals surface area contributed by atoms with Crippen LogP contribution in [0.2, 0.25) is 0 Å². The Morgan fingerprint density at radius 2 is 1.74 bits per heavy atom. The van der Waals surface area contributed by atoms with Crippen molar-refractivity contribution < 1.29 is 14.3 Å². The number of hydrogen-bond donors (Lipinski definition) is 1. The molecule has 2 rings (SSSR count). The molecule has 1 N–H and O–H groups in total. The molecule has 0 bridgehead atoms. The molecular formula is C28H48FN3O2S. The van der Waals surface area contributed by atoms with Gasteiger partial charge < -0.3 is 14.9 Å². The summed E-state index contributed by atoms with van der Waals surface area (Å²) in [4.78, 5) is 20.8. The number of halogens is 1. The first-order chi connectivity index (χ1) is 16.6. The van der Waals surface area contributed by atoms with Crippen LogP contribution < -0.4 is 0 Å². The highest BCUT2D eigenvalue weighted by molar-refractivity contribution is 7.14. The molecule has 0 aliphatic carbocycles. The summed E-state index contributed by atoms with van der Waals surface area (Å²) in [5.74, 6) is -0.365. The summed E-state index contributed by atoms with van der Waals surface area (Å²) in [5.41, 5.74) is 0.640. The Morgan fingerprint density at radius 1 is 1.17 bits per heavy atom. The molecule has 1 aromatic rings. The first kappa shape index (κ1) is 33.0. The number of amides is 1.